The molecule has 3 heteroatoms. The normalized spacial score (nSPS) is 15.6. The summed E-state index contributed by atoms with van der Waals surface area (Å²) in [5, 5.41) is 2.37. The first kappa shape index (κ1) is 19.2. The number of aryl methyl sites for hydroxylation is 1. The van der Waals surface area contributed by atoms with E-state index in [9.17, 15) is 0 Å². The van der Waals surface area contributed by atoms with Crippen molar-refractivity contribution in [2.24, 2.45) is 0 Å². The minimum atomic E-state index is 0.564. The Bertz CT molecular complexity index is 736. The fourth-order valence-electron chi connectivity index (χ4n) is 3.54. The van der Waals surface area contributed by atoms with Gasteiger partial charge < -0.3 is 5.43 Å². The molecule has 1 heterocycles. The molecule has 0 amide bonds. The van der Waals surface area contributed by atoms with Gasteiger partial charge in [0.2, 0.25) is 0 Å². The van der Waals surface area contributed by atoms with Gasteiger partial charge in [-0.3, -0.25) is 0 Å². The molecule has 0 aliphatic carbocycles. The summed E-state index contributed by atoms with van der Waals surface area (Å²) in [5.74, 6) is 0. The fourth-order valence-corrected chi connectivity index (χ4v) is 3.80. The number of hydrogen-bond donors (Lipinski definition) is 1. The van der Waals surface area contributed by atoms with Crippen molar-refractivity contribution < 1.29 is 0 Å². The van der Waals surface area contributed by atoms with E-state index in [1.807, 2.05) is 0 Å². The first-order chi connectivity index (χ1) is 12.7. The fraction of sp³-hybridized carbons (Fsp3) is 0.391. The molecule has 0 aromatic heterocycles. The molecule has 1 N–H and O–H groups in total. The van der Waals surface area contributed by atoms with Gasteiger partial charge in [-0.15, -0.1) is 0 Å². The highest BCUT2D eigenvalue weighted by molar-refractivity contribution is 9.10. The number of hydrogen-bond acceptors (Lipinski definition) is 2. The third kappa shape index (κ3) is 5.21. The number of halogens is 1. The summed E-state index contributed by atoms with van der Waals surface area (Å²) in [7, 11) is 0. The van der Waals surface area contributed by atoms with Crippen LogP contribution < -0.4 is 5.43 Å². The molecule has 0 radical (unpaired) electrons. The Labute approximate surface area is 166 Å². The van der Waals surface area contributed by atoms with Crippen LogP contribution in [0.4, 0.5) is 0 Å². The van der Waals surface area contributed by atoms with Crippen LogP contribution in [0.2, 0.25) is 0 Å². The molecule has 0 saturated carbocycles. The van der Waals surface area contributed by atoms with Crippen LogP contribution in [-0.4, -0.2) is 17.6 Å². The number of rotatable bonds is 8. The second kappa shape index (κ2) is 9.38. The Morgan fingerprint density at radius 3 is 2.50 bits per heavy atom. The topological polar surface area (TPSA) is 15.3 Å². The molecule has 26 heavy (non-hydrogen) atoms. The standard InChI is InChI=1S/C23H29BrN2/c1-3-23-15-16-26(25-23)18(2)7-6-10-20-8-4-5-9-21(20)17-19-11-13-22(24)14-12-19/h4-5,8-9,11-15,18,25H,3,6-7,10,16-17H2,1-2H3. The molecule has 0 spiro atoms. The molecule has 1 atom stereocenters. The van der Waals surface area contributed by atoms with Gasteiger partial charge >= 0.3 is 0 Å². The largest absolute Gasteiger partial charge is 0.323 e. The van der Waals surface area contributed by atoms with Gasteiger partial charge in [-0.25, -0.2) is 5.01 Å². The van der Waals surface area contributed by atoms with Gasteiger partial charge in [-0.1, -0.05) is 59.3 Å². The van der Waals surface area contributed by atoms with Crippen molar-refractivity contribution in [1.82, 2.24) is 10.4 Å². The maximum Gasteiger partial charge on any atom is 0.0382 e. The molecule has 3 rings (SSSR count). The highest BCUT2D eigenvalue weighted by Crippen LogP contribution is 2.20. The third-order valence-electron chi connectivity index (χ3n) is 5.23. The van der Waals surface area contributed by atoms with Crippen LogP contribution in [0, 0.1) is 0 Å². The van der Waals surface area contributed by atoms with E-state index in [4.69, 9.17) is 0 Å². The number of allylic oxidation sites excluding steroid dienone is 1. The first-order valence-electron chi connectivity index (χ1n) is 9.69. The molecule has 1 aliphatic heterocycles. The summed E-state index contributed by atoms with van der Waals surface area (Å²) in [6.07, 6.45) is 7.99. The van der Waals surface area contributed by atoms with E-state index in [1.54, 1.807) is 0 Å². The number of hydrazine groups is 1. The maximum atomic E-state index is 3.53. The monoisotopic (exact) mass is 412 g/mol. The van der Waals surface area contributed by atoms with Gasteiger partial charge in [0.05, 0.1) is 0 Å². The third-order valence-corrected chi connectivity index (χ3v) is 5.76. The summed E-state index contributed by atoms with van der Waals surface area (Å²) in [6.45, 7) is 5.56. The zero-order valence-corrected chi connectivity index (χ0v) is 17.4. The predicted octanol–water partition coefficient (Wildman–Crippen LogP) is 5.87. The molecular formula is C23H29BrN2. The van der Waals surface area contributed by atoms with Crippen LogP contribution in [0.3, 0.4) is 0 Å². The zero-order valence-electron chi connectivity index (χ0n) is 15.8. The van der Waals surface area contributed by atoms with E-state index in [2.05, 4.69) is 94.8 Å². The summed E-state index contributed by atoms with van der Waals surface area (Å²) >= 11 is 3.52. The van der Waals surface area contributed by atoms with E-state index in [0.717, 1.165) is 30.3 Å². The molecule has 2 nitrogen and oxygen atoms in total. The lowest BCUT2D eigenvalue weighted by Crippen LogP contribution is -2.39. The van der Waals surface area contributed by atoms with Crippen molar-refractivity contribution in [2.45, 2.75) is 52.0 Å². The van der Waals surface area contributed by atoms with Crippen LogP contribution in [0.5, 0.6) is 0 Å². The lowest BCUT2D eigenvalue weighted by Gasteiger charge is -2.25. The lowest BCUT2D eigenvalue weighted by atomic mass is 9.96. The maximum absolute atomic E-state index is 3.53. The van der Waals surface area contributed by atoms with Crippen LogP contribution >= 0.6 is 15.9 Å². The van der Waals surface area contributed by atoms with Crippen molar-refractivity contribution in [3.05, 3.63) is 81.5 Å². The Kier molecular flexibility index (Phi) is 6.93. The first-order valence-corrected chi connectivity index (χ1v) is 10.5. The Morgan fingerprint density at radius 2 is 1.81 bits per heavy atom. The smallest absolute Gasteiger partial charge is 0.0382 e. The molecule has 0 fully saturated rings. The van der Waals surface area contributed by atoms with Gasteiger partial charge in [0.15, 0.2) is 0 Å². The molecule has 138 valence electrons. The zero-order chi connectivity index (χ0) is 18.4. The van der Waals surface area contributed by atoms with Crippen LogP contribution in [0.1, 0.15) is 49.8 Å². The second-order valence-corrected chi connectivity index (χ2v) is 8.08. The van der Waals surface area contributed by atoms with Gasteiger partial charge in [0.25, 0.3) is 0 Å². The Morgan fingerprint density at radius 1 is 1.08 bits per heavy atom. The molecule has 0 bridgehead atoms. The lowest BCUT2D eigenvalue weighted by molar-refractivity contribution is 0.179. The van der Waals surface area contributed by atoms with Crippen LogP contribution in [-0.2, 0) is 12.8 Å². The van der Waals surface area contributed by atoms with E-state index >= 15 is 0 Å². The van der Waals surface area contributed by atoms with E-state index in [1.165, 1.54) is 35.2 Å². The van der Waals surface area contributed by atoms with Crippen molar-refractivity contribution in [1.29, 1.82) is 0 Å². The Balaban J connectivity index is 1.53. The SMILES string of the molecule is CCC1=CCN(C(C)CCCc2ccccc2Cc2ccc(Br)cc2)N1. The average molecular weight is 413 g/mol. The average Bonchev–Trinajstić information content (AvgIpc) is 3.14. The van der Waals surface area contributed by atoms with Crippen LogP contribution in [0.15, 0.2) is 64.8 Å². The minimum Gasteiger partial charge on any atom is -0.323 e. The summed E-state index contributed by atoms with van der Waals surface area (Å²) in [5.41, 5.74) is 9.20. The second-order valence-electron chi connectivity index (χ2n) is 7.16. The molecular weight excluding hydrogens is 384 g/mol. The van der Waals surface area contributed by atoms with Gasteiger partial charge in [-0.2, -0.15) is 0 Å². The summed E-state index contributed by atoms with van der Waals surface area (Å²) < 4.78 is 1.14. The van der Waals surface area contributed by atoms with Crippen molar-refractivity contribution in [3.8, 4) is 0 Å². The van der Waals surface area contributed by atoms with Crippen molar-refractivity contribution in [2.75, 3.05) is 6.54 Å². The van der Waals surface area contributed by atoms with E-state index < -0.39 is 0 Å². The van der Waals surface area contributed by atoms with Gasteiger partial charge in [0, 0.05) is 22.8 Å². The van der Waals surface area contributed by atoms with Gasteiger partial charge in [-0.05, 0) is 73.9 Å². The molecule has 0 saturated heterocycles. The molecule has 2 aromatic carbocycles. The minimum absolute atomic E-state index is 0.564. The quantitative estimate of drug-likeness (QED) is 0.583. The highest BCUT2D eigenvalue weighted by Gasteiger charge is 2.17. The van der Waals surface area contributed by atoms with Crippen molar-refractivity contribution >= 4 is 15.9 Å². The van der Waals surface area contributed by atoms with Crippen LogP contribution in [0.25, 0.3) is 0 Å². The van der Waals surface area contributed by atoms with E-state index in [0.29, 0.717) is 6.04 Å². The predicted molar refractivity (Wildman–Crippen MR) is 114 cm³/mol. The Hall–Kier alpha value is -1.58. The highest BCUT2D eigenvalue weighted by atomic mass is 79.9. The number of benzene rings is 2. The summed E-state index contributed by atoms with van der Waals surface area (Å²) in [4.78, 5) is 0. The molecule has 1 unspecified atom stereocenters. The van der Waals surface area contributed by atoms with Crippen molar-refractivity contribution in [3.63, 3.8) is 0 Å². The molecule has 2 aromatic rings. The molecule has 1 aliphatic rings. The number of nitrogens with one attached hydrogen (secondary N) is 1. The van der Waals surface area contributed by atoms with E-state index in [-0.39, 0.29) is 0 Å². The number of nitrogens with zero attached hydrogens (tertiary/aromatic N) is 1. The van der Waals surface area contributed by atoms with Gasteiger partial charge in [0.1, 0.15) is 0 Å². The summed E-state index contributed by atoms with van der Waals surface area (Å²) in [6, 6.07) is 18.1.